The third kappa shape index (κ3) is 3.79. The predicted molar refractivity (Wildman–Crippen MR) is 87.5 cm³/mol. The summed E-state index contributed by atoms with van der Waals surface area (Å²) in [6.07, 6.45) is 1.47. The van der Waals surface area contributed by atoms with Gasteiger partial charge in [-0.2, -0.15) is 0 Å². The van der Waals surface area contributed by atoms with Gasteiger partial charge in [-0.25, -0.2) is 4.98 Å². The second-order valence-corrected chi connectivity index (χ2v) is 5.50. The Bertz CT molecular complexity index is 827. The van der Waals surface area contributed by atoms with E-state index in [1.807, 2.05) is 43.3 Å². The van der Waals surface area contributed by atoms with Gasteiger partial charge in [0.2, 0.25) is 5.89 Å². The molecule has 0 N–H and O–H groups in total. The van der Waals surface area contributed by atoms with Gasteiger partial charge in [0.1, 0.15) is 12.0 Å². The molecular weight excluding hydrogens is 314 g/mol. The van der Waals surface area contributed by atoms with Crippen molar-refractivity contribution in [3.8, 4) is 17.2 Å². The van der Waals surface area contributed by atoms with Crippen LogP contribution in [0.5, 0.6) is 5.75 Å². The van der Waals surface area contributed by atoms with Crippen molar-refractivity contribution in [2.75, 3.05) is 0 Å². The molecule has 0 saturated heterocycles. The van der Waals surface area contributed by atoms with Crippen molar-refractivity contribution >= 4 is 17.6 Å². The van der Waals surface area contributed by atoms with Gasteiger partial charge in [0.05, 0.1) is 17.1 Å². The maximum Gasteiger partial charge on any atom is 0.317 e. The molecule has 0 atom stereocenters. The number of esters is 1. The number of ether oxygens (including phenoxy) is 1. The molecule has 1 heterocycles. The number of benzene rings is 2. The maximum absolute atomic E-state index is 12.0. The molecule has 3 aromatic rings. The highest BCUT2D eigenvalue weighted by Crippen LogP contribution is 2.26. The molecule has 0 fully saturated rings. The first-order valence-electron chi connectivity index (χ1n) is 7.08. The fourth-order valence-corrected chi connectivity index (χ4v) is 2.25. The molecule has 1 aromatic heterocycles. The standard InChI is InChI=1S/C18H14ClNO3/c1-12-7-8-15(19)16(9-12)23-17(21)10-14-11-22-18(20-14)13-5-3-2-4-6-13/h2-9,11H,10H2,1H3. The van der Waals surface area contributed by atoms with Gasteiger partial charge >= 0.3 is 5.97 Å². The van der Waals surface area contributed by atoms with Gasteiger partial charge in [-0.15, -0.1) is 0 Å². The average molecular weight is 328 g/mol. The lowest BCUT2D eigenvalue weighted by atomic mass is 10.2. The van der Waals surface area contributed by atoms with Gasteiger partial charge in [-0.05, 0) is 36.8 Å². The van der Waals surface area contributed by atoms with E-state index in [1.54, 1.807) is 12.1 Å². The lowest BCUT2D eigenvalue weighted by Gasteiger charge is -2.06. The van der Waals surface area contributed by atoms with Crippen LogP contribution in [0.1, 0.15) is 11.3 Å². The number of hydrogen-bond acceptors (Lipinski definition) is 4. The van der Waals surface area contributed by atoms with Crippen LogP contribution in [0.25, 0.3) is 11.5 Å². The Hall–Kier alpha value is -2.59. The van der Waals surface area contributed by atoms with E-state index in [1.165, 1.54) is 6.26 Å². The van der Waals surface area contributed by atoms with Crippen LogP contribution < -0.4 is 4.74 Å². The van der Waals surface area contributed by atoms with E-state index in [0.717, 1.165) is 11.1 Å². The summed E-state index contributed by atoms with van der Waals surface area (Å²) >= 11 is 6.02. The van der Waals surface area contributed by atoms with Crippen LogP contribution in [0, 0.1) is 6.92 Å². The van der Waals surface area contributed by atoms with Crippen LogP contribution in [0.2, 0.25) is 5.02 Å². The number of carbonyl (C=O) groups is 1. The van der Waals surface area contributed by atoms with Gasteiger partial charge in [-0.1, -0.05) is 35.9 Å². The van der Waals surface area contributed by atoms with Crippen LogP contribution in [0.3, 0.4) is 0 Å². The lowest BCUT2D eigenvalue weighted by molar-refractivity contribution is -0.133. The van der Waals surface area contributed by atoms with Gasteiger partial charge in [0.15, 0.2) is 0 Å². The number of carbonyl (C=O) groups excluding carboxylic acids is 1. The highest BCUT2D eigenvalue weighted by molar-refractivity contribution is 6.32. The molecule has 4 nitrogen and oxygen atoms in total. The third-order valence-corrected chi connectivity index (χ3v) is 3.52. The Labute approximate surface area is 138 Å². The molecule has 0 radical (unpaired) electrons. The molecule has 0 aliphatic carbocycles. The number of rotatable bonds is 4. The van der Waals surface area contributed by atoms with E-state index < -0.39 is 5.97 Å². The summed E-state index contributed by atoms with van der Waals surface area (Å²) in [4.78, 5) is 16.3. The SMILES string of the molecule is Cc1ccc(Cl)c(OC(=O)Cc2coc(-c3ccccc3)n2)c1. The van der Waals surface area contributed by atoms with Gasteiger partial charge in [0, 0.05) is 5.56 Å². The van der Waals surface area contributed by atoms with E-state index in [-0.39, 0.29) is 6.42 Å². The van der Waals surface area contributed by atoms with Crippen molar-refractivity contribution in [3.63, 3.8) is 0 Å². The first kappa shape index (κ1) is 15.3. The second kappa shape index (κ2) is 6.67. The molecule has 0 unspecified atom stereocenters. The summed E-state index contributed by atoms with van der Waals surface area (Å²) in [6, 6.07) is 14.8. The molecule has 0 saturated carbocycles. The first-order valence-corrected chi connectivity index (χ1v) is 7.46. The zero-order valence-electron chi connectivity index (χ0n) is 12.5. The number of oxazole rings is 1. The molecule has 0 aliphatic heterocycles. The fraction of sp³-hybridized carbons (Fsp3) is 0.111. The topological polar surface area (TPSA) is 52.3 Å². The Morgan fingerprint density at radius 3 is 2.78 bits per heavy atom. The third-order valence-electron chi connectivity index (χ3n) is 3.21. The van der Waals surface area contributed by atoms with Crippen molar-refractivity contribution in [1.82, 2.24) is 4.98 Å². The van der Waals surface area contributed by atoms with Crippen molar-refractivity contribution in [2.24, 2.45) is 0 Å². The van der Waals surface area contributed by atoms with Crippen molar-refractivity contribution in [2.45, 2.75) is 13.3 Å². The minimum absolute atomic E-state index is 0.0145. The smallest absolute Gasteiger partial charge is 0.317 e. The van der Waals surface area contributed by atoms with Crippen LogP contribution in [0.15, 0.2) is 59.2 Å². The fourth-order valence-electron chi connectivity index (χ4n) is 2.10. The lowest BCUT2D eigenvalue weighted by Crippen LogP contribution is -2.11. The Kier molecular flexibility index (Phi) is 4.44. The van der Waals surface area contributed by atoms with Crippen LogP contribution in [-0.4, -0.2) is 11.0 Å². The van der Waals surface area contributed by atoms with Gasteiger partial charge in [0.25, 0.3) is 0 Å². The number of nitrogens with zero attached hydrogens (tertiary/aromatic N) is 1. The Morgan fingerprint density at radius 2 is 2.00 bits per heavy atom. The maximum atomic E-state index is 12.0. The number of halogens is 1. The molecule has 0 spiro atoms. The highest BCUT2D eigenvalue weighted by Gasteiger charge is 2.13. The molecule has 0 bridgehead atoms. The Balaban J connectivity index is 1.69. The molecule has 3 rings (SSSR count). The summed E-state index contributed by atoms with van der Waals surface area (Å²) in [7, 11) is 0. The minimum Gasteiger partial charge on any atom is -0.444 e. The second-order valence-electron chi connectivity index (χ2n) is 5.09. The van der Waals surface area contributed by atoms with Crippen molar-refractivity contribution in [3.05, 3.63) is 71.1 Å². The first-order chi connectivity index (χ1) is 11.1. The van der Waals surface area contributed by atoms with Gasteiger partial charge < -0.3 is 9.15 Å². The molecular formula is C18H14ClNO3. The zero-order valence-corrected chi connectivity index (χ0v) is 13.2. The predicted octanol–water partition coefficient (Wildman–Crippen LogP) is 4.45. The van der Waals surface area contributed by atoms with Crippen LogP contribution in [0.4, 0.5) is 0 Å². The summed E-state index contributed by atoms with van der Waals surface area (Å²) in [5.74, 6) is 0.385. The molecule has 0 amide bonds. The zero-order chi connectivity index (χ0) is 16.2. The summed E-state index contributed by atoms with van der Waals surface area (Å²) in [5.41, 5.74) is 2.33. The normalized spacial score (nSPS) is 10.5. The number of aromatic nitrogens is 1. The molecule has 2 aromatic carbocycles. The van der Waals surface area contributed by atoms with E-state index in [2.05, 4.69) is 4.98 Å². The van der Waals surface area contributed by atoms with Crippen LogP contribution >= 0.6 is 11.6 Å². The van der Waals surface area contributed by atoms with Crippen LogP contribution in [-0.2, 0) is 11.2 Å². The van der Waals surface area contributed by atoms with E-state index in [4.69, 9.17) is 20.8 Å². The monoisotopic (exact) mass is 327 g/mol. The Morgan fingerprint density at radius 1 is 1.22 bits per heavy atom. The number of hydrogen-bond donors (Lipinski definition) is 0. The largest absolute Gasteiger partial charge is 0.444 e. The highest BCUT2D eigenvalue weighted by atomic mass is 35.5. The summed E-state index contributed by atoms with van der Waals surface area (Å²) in [5, 5.41) is 0.397. The molecule has 0 aliphatic rings. The van der Waals surface area contributed by atoms with Gasteiger partial charge in [-0.3, -0.25) is 4.79 Å². The number of aryl methyl sites for hydroxylation is 1. The molecule has 116 valence electrons. The van der Waals surface area contributed by atoms with Crippen molar-refractivity contribution < 1.29 is 13.9 Å². The molecule has 5 heteroatoms. The van der Waals surface area contributed by atoms with Crippen molar-refractivity contribution in [1.29, 1.82) is 0 Å². The molecule has 23 heavy (non-hydrogen) atoms. The summed E-state index contributed by atoms with van der Waals surface area (Å²) in [6.45, 7) is 1.90. The van der Waals surface area contributed by atoms with E-state index in [9.17, 15) is 4.79 Å². The quantitative estimate of drug-likeness (QED) is 0.524. The summed E-state index contributed by atoms with van der Waals surface area (Å²) < 4.78 is 10.7. The van der Waals surface area contributed by atoms with E-state index >= 15 is 0 Å². The van der Waals surface area contributed by atoms with E-state index in [0.29, 0.717) is 22.4 Å². The average Bonchev–Trinajstić information content (AvgIpc) is 3.00. The minimum atomic E-state index is -0.439.